The van der Waals surface area contributed by atoms with Crippen molar-refractivity contribution in [2.24, 2.45) is 0 Å². The molecule has 3 aromatic carbocycles. The predicted molar refractivity (Wildman–Crippen MR) is 87.5 cm³/mol. The minimum Gasteiger partial charge on any atom is -0.377 e. The number of para-hydroxylation sites is 1. The summed E-state index contributed by atoms with van der Waals surface area (Å²) in [6, 6.07) is 30.4. The van der Waals surface area contributed by atoms with Crippen LogP contribution in [0.5, 0.6) is 0 Å². The van der Waals surface area contributed by atoms with Crippen LogP contribution in [0, 0.1) is 0 Å². The van der Waals surface area contributed by atoms with Gasteiger partial charge in [-0.2, -0.15) is 0 Å². The molecule has 0 bridgehead atoms. The minimum absolute atomic E-state index is 0.297. The molecule has 0 amide bonds. The molecule has 0 fully saturated rings. The molecular weight excluding hydrogens is 254 g/mol. The lowest BCUT2D eigenvalue weighted by atomic mass is 9.85. The first-order valence-corrected chi connectivity index (χ1v) is 7.39. The fourth-order valence-corrected chi connectivity index (χ4v) is 3.30. The molecule has 0 aliphatic carbocycles. The van der Waals surface area contributed by atoms with Crippen LogP contribution in [0.3, 0.4) is 0 Å². The number of benzene rings is 3. The summed E-state index contributed by atoms with van der Waals surface area (Å²) in [7, 11) is 0. The quantitative estimate of drug-likeness (QED) is 0.692. The van der Waals surface area contributed by atoms with Crippen LogP contribution in [0.4, 0.5) is 5.69 Å². The van der Waals surface area contributed by atoms with Gasteiger partial charge in [0.2, 0.25) is 0 Å². The van der Waals surface area contributed by atoms with E-state index in [1.54, 1.807) is 0 Å². The van der Waals surface area contributed by atoms with Crippen molar-refractivity contribution in [1.29, 1.82) is 0 Å². The van der Waals surface area contributed by atoms with Crippen LogP contribution in [0.15, 0.2) is 84.9 Å². The number of hydrogen-bond acceptors (Lipinski definition) is 1. The molecule has 1 aliphatic rings. The Bertz CT molecular complexity index is 734. The Hall–Kier alpha value is -2.54. The Morgan fingerprint density at radius 1 is 0.571 bits per heavy atom. The van der Waals surface area contributed by atoms with Gasteiger partial charge in [0.15, 0.2) is 0 Å². The van der Waals surface area contributed by atoms with Gasteiger partial charge in [-0.05, 0) is 22.8 Å². The van der Waals surface area contributed by atoms with Crippen LogP contribution in [0.1, 0.15) is 28.7 Å². The smallest absolute Gasteiger partial charge is 0.0623 e. The van der Waals surface area contributed by atoms with Crippen LogP contribution in [-0.4, -0.2) is 0 Å². The molecule has 1 N–H and O–H groups in total. The fourth-order valence-electron chi connectivity index (χ4n) is 3.30. The lowest BCUT2D eigenvalue weighted by Crippen LogP contribution is -2.12. The predicted octanol–water partition coefficient (Wildman–Crippen LogP) is 4.99. The molecule has 1 aliphatic heterocycles. The van der Waals surface area contributed by atoms with Gasteiger partial charge in [0.05, 0.1) is 6.04 Å². The molecule has 0 spiro atoms. The number of nitrogens with one attached hydrogen (secondary N) is 1. The summed E-state index contributed by atoms with van der Waals surface area (Å²) in [5, 5.41) is 3.70. The van der Waals surface area contributed by atoms with E-state index in [0.29, 0.717) is 12.0 Å². The monoisotopic (exact) mass is 271 g/mol. The van der Waals surface area contributed by atoms with Gasteiger partial charge in [-0.1, -0.05) is 78.9 Å². The molecule has 1 nitrogen and oxygen atoms in total. The number of hydrogen-bond donors (Lipinski definition) is 1. The Morgan fingerprint density at radius 2 is 1.14 bits per heavy atom. The van der Waals surface area contributed by atoms with Gasteiger partial charge in [0.1, 0.15) is 0 Å². The largest absolute Gasteiger partial charge is 0.377 e. The maximum absolute atomic E-state index is 3.70. The summed E-state index contributed by atoms with van der Waals surface area (Å²) in [6.45, 7) is 0. The standard InChI is InChI=1S/C20H17N/c1-3-9-15(10-4-1)19-17-13-7-8-14-18(17)21-20(19)16-11-5-2-6-12-16/h1-14,19-21H/t19-,20-/m1/s1. The third kappa shape index (κ3) is 2.11. The summed E-state index contributed by atoms with van der Waals surface area (Å²) in [6.07, 6.45) is 0. The lowest BCUT2D eigenvalue weighted by molar-refractivity contribution is 0.713. The van der Waals surface area contributed by atoms with Crippen molar-refractivity contribution in [3.8, 4) is 0 Å². The molecule has 0 saturated heterocycles. The number of fused-ring (bicyclic) bond motifs is 1. The van der Waals surface area contributed by atoms with Gasteiger partial charge in [-0.25, -0.2) is 0 Å². The van der Waals surface area contributed by atoms with Crippen LogP contribution in [0.2, 0.25) is 0 Å². The summed E-state index contributed by atoms with van der Waals surface area (Å²) >= 11 is 0. The van der Waals surface area contributed by atoms with Gasteiger partial charge < -0.3 is 5.32 Å². The van der Waals surface area contributed by atoms with Crippen molar-refractivity contribution in [3.63, 3.8) is 0 Å². The first kappa shape index (κ1) is 12.2. The van der Waals surface area contributed by atoms with E-state index < -0.39 is 0 Å². The Kier molecular flexibility index (Phi) is 2.97. The third-order valence-electron chi connectivity index (χ3n) is 4.26. The highest BCUT2D eigenvalue weighted by Gasteiger charge is 2.33. The average molecular weight is 271 g/mol. The normalized spacial score (nSPS) is 19.8. The van der Waals surface area contributed by atoms with E-state index >= 15 is 0 Å². The molecule has 0 saturated carbocycles. The van der Waals surface area contributed by atoms with Crippen LogP contribution >= 0.6 is 0 Å². The second-order valence-corrected chi connectivity index (χ2v) is 5.51. The van der Waals surface area contributed by atoms with E-state index in [9.17, 15) is 0 Å². The van der Waals surface area contributed by atoms with E-state index in [2.05, 4.69) is 90.2 Å². The first-order valence-electron chi connectivity index (χ1n) is 7.39. The Balaban J connectivity index is 1.85. The van der Waals surface area contributed by atoms with Gasteiger partial charge in [0.25, 0.3) is 0 Å². The van der Waals surface area contributed by atoms with E-state index in [1.807, 2.05) is 0 Å². The van der Waals surface area contributed by atoms with Crippen LogP contribution in [0.25, 0.3) is 0 Å². The van der Waals surface area contributed by atoms with Gasteiger partial charge in [-0.3, -0.25) is 0 Å². The van der Waals surface area contributed by atoms with E-state index in [4.69, 9.17) is 0 Å². The summed E-state index contributed by atoms with van der Waals surface area (Å²) < 4.78 is 0. The molecule has 2 atom stereocenters. The van der Waals surface area contributed by atoms with Crippen LogP contribution < -0.4 is 5.32 Å². The molecular formula is C20H17N. The van der Waals surface area contributed by atoms with Crippen molar-refractivity contribution in [1.82, 2.24) is 0 Å². The highest BCUT2D eigenvalue weighted by molar-refractivity contribution is 5.63. The molecule has 102 valence electrons. The number of anilines is 1. The highest BCUT2D eigenvalue weighted by atomic mass is 15.0. The minimum atomic E-state index is 0.297. The zero-order valence-corrected chi connectivity index (χ0v) is 11.7. The average Bonchev–Trinajstić information content (AvgIpc) is 2.96. The van der Waals surface area contributed by atoms with Crippen molar-refractivity contribution in [2.75, 3.05) is 5.32 Å². The van der Waals surface area contributed by atoms with Crippen molar-refractivity contribution >= 4 is 5.69 Å². The zero-order valence-electron chi connectivity index (χ0n) is 11.7. The van der Waals surface area contributed by atoms with Crippen molar-refractivity contribution < 1.29 is 0 Å². The summed E-state index contributed by atoms with van der Waals surface area (Å²) in [5.41, 5.74) is 5.34. The second-order valence-electron chi connectivity index (χ2n) is 5.51. The molecule has 0 unspecified atom stereocenters. The molecule has 0 radical (unpaired) electrons. The summed E-state index contributed by atoms with van der Waals surface area (Å²) in [4.78, 5) is 0. The Labute approximate surface area is 125 Å². The molecule has 1 heterocycles. The molecule has 3 aromatic rings. The molecule has 1 heteroatoms. The SMILES string of the molecule is c1ccc([C@@H]2c3ccccc3N[C@@H]2c2ccccc2)cc1. The Morgan fingerprint density at radius 3 is 1.86 bits per heavy atom. The van der Waals surface area contributed by atoms with Crippen molar-refractivity contribution in [3.05, 3.63) is 102 Å². The fraction of sp³-hybridized carbons (Fsp3) is 0.100. The summed E-state index contributed by atoms with van der Waals surface area (Å²) in [5.74, 6) is 0.366. The maximum atomic E-state index is 3.70. The van der Waals surface area contributed by atoms with Gasteiger partial charge >= 0.3 is 0 Å². The van der Waals surface area contributed by atoms with Crippen LogP contribution in [-0.2, 0) is 0 Å². The lowest BCUT2D eigenvalue weighted by Gasteiger charge is -2.21. The van der Waals surface area contributed by atoms with Gasteiger partial charge in [-0.15, -0.1) is 0 Å². The van der Waals surface area contributed by atoms with Gasteiger partial charge in [0, 0.05) is 11.6 Å². The highest BCUT2D eigenvalue weighted by Crippen LogP contribution is 2.47. The topological polar surface area (TPSA) is 12.0 Å². The molecule has 0 aromatic heterocycles. The van der Waals surface area contributed by atoms with E-state index in [-0.39, 0.29) is 0 Å². The zero-order chi connectivity index (χ0) is 14.1. The van der Waals surface area contributed by atoms with E-state index in [1.165, 1.54) is 22.4 Å². The third-order valence-corrected chi connectivity index (χ3v) is 4.26. The first-order chi connectivity index (χ1) is 10.4. The number of rotatable bonds is 2. The van der Waals surface area contributed by atoms with E-state index in [0.717, 1.165) is 0 Å². The van der Waals surface area contributed by atoms with Crippen molar-refractivity contribution in [2.45, 2.75) is 12.0 Å². The maximum Gasteiger partial charge on any atom is 0.0623 e. The molecule has 4 rings (SSSR count). The second kappa shape index (κ2) is 5.10. The molecule has 21 heavy (non-hydrogen) atoms.